The van der Waals surface area contributed by atoms with Crippen molar-refractivity contribution in [1.82, 2.24) is 10.2 Å². The maximum absolute atomic E-state index is 5.86. The van der Waals surface area contributed by atoms with E-state index in [1.54, 1.807) is 0 Å². The summed E-state index contributed by atoms with van der Waals surface area (Å²) < 4.78 is 11.6. The number of aromatic nitrogens is 2. The van der Waals surface area contributed by atoms with E-state index in [2.05, 4.69) is 15.1 Å². The van der Waals surface area contributed by atoms with Gasteiger partial charge in [-0.05, 0) is 43.7 Å². The lowest BCUT2D eigenvalue weighted by atomic mass is 9.98. The molecule has 0 N–H and O–H groups in total. The molecule has 0 radical (unpaired) electrons. The molecule has 2 heterocycles. The van der Waals surface area contributed by atoms with Crippen LogP contribution in [0.4, 0.5) is 6.01 Å². The molecule has 1 saturated carbocycles. The van der Waals surface area contributed by atoms with Crippen LogP contribution in [0.2, 0.25) is 0 Å². The molecule has 22 heavy (non-hydrogen) atoms. The minimum absolute atomic E-state index is 0.526. The van der Waals surface area contributed by atoms with Crippen LogP contribution in [0.1, 0.15) is 37.5 Å². The van der Waals surface area contributed by atoms with Gasteiger partial charge >= 0.3 is 6.01 Å². The van der Waals surface area contributed by atoms with Crippen molar-refractivity contribution in [3.05, 3.63) is 36.2 Å². The van der Waals surface area contributed by atoms with Crippen molar-refractivity contribution in [3.63, 3.8) is 0 Å². The van der Waals surface area contributed by atoms with Gasteiger partial charge in [0, 0.05) is 19.0 Å². The van der Waals surface area contributed by atoms with Crippen molar-refractivity contribution in [2.75, 3.05) is 24.6 Å². The fourth-order valence-corrected chi connectivity index (χ4v) is 2.87. The molecule has 116 valence electrons. The van der Waals surface area contributed by atoms with E-state index in [4.69, 9.17) is 9.15 Å². The summed E-state index contributed by atoms with van der Waals surface area (Å²) in [5, 5.41) is 8.36. The summed E-state index contributed by atoms with van der Waals surface area (Å²) in [6, 6.07) is 10.7. The molecule has 5 nitrogen and oxygen atoms in total. The fraction of sp³-hybridized carbons (Fsp3) is 0.529. The Kier molecular flexibility index (Phi) is 3.70. The maximum atomic E-state index is 5.86. The van der Waals surface area contributed by atoms with Crippen LogP contribution in [0.25, 0.3) is 0 Å². The van der Waals surface area contributed by atoms with Gasteiger partial charge in [-0.25, -0.2) is 0 Å². The van der Waals surface area contributed by atoms with Crippen LogP contribution in [-0.2, 0) is 0 Å². The van der Waals surface area contributed by atoms with E-state index in [-0.39, 0.29) is 0 Å². The zero-order valence-electron chi connectivity index (χ0n) is 12.6. The summed E-state index contributed by atoms with van der Waals surface area (Å²) in [5.41, 5.74) is 0. The molecule has 1 aromatic carbocycles. The fourth-order valence-electron chi connectivity index (χ4n) is 2.87. The second-order valence-corrected chi connectivity index (χ2v) is 6.25. The number of para-hydroxylation sites is 1. The number of nitrogens with zero attached hydrogens (tertiary/aromatic N) is 3. The number of benzene rings is 1. The third-order valence-electron chi connectivity index (χ3n) is 4.47. The quantitative estimate of drug-likeness (QED) is 0.848. The first kappa shape index (κ1) is 13.6. The van der Waals surface area contributed by atoms with Gasteiger partial charge in [0.1, 0.15) is 5.75 Å². The lowest BCUT2D eigenvalue weighted by Gasteiger charge is -2.30. The highest BCUT2D eigenvalue weighted by molar-refractivity contribution is 5.26. The van der Waals surface area contributed by atoms with E-state index < -0.39 is 0 Å². The van der Waals surface area contributed by atoms with Crippen LogP contribution in [0.3, 0.4) is 0 Å². The lowest BCUT2D eigenvalue weighted by molar-refractivity contribution is 0.221. The molecule has 2 fully saturated rings. The molecule has 2 aliphatic rings. The van der Waals surface area contributed by atoms with E-state index in [0.717, 1.165) is 44.2 Å². The second-order valence-electron chi connectivity index (χ2n) is 6.25. The number of hydrogen-bond donors (Lipinski definition) is 0. The molecule has 1 saturated heterocycles. The second kappa shape index (κ2) is 5.99. The van der Waals surface area contributed by atoms with E-state index in [1.165, 1.54) is 12.8 Å². The molecule has 0 amide bonds. The monoisotopic (exact) mass is 299 g/mol. The third-order valence-corrected chi connectivity index (χ3v) is 4.47. The molecule has 0 unspecified atom stereocenters. The Labute approximate surface area is 130 Å². The van der Waals surface area contributed by atoms with Crippen molar-refractivity contribution >= 4 is 6.01 Å². The molecule has 0 atom stereocenters. The van der Waals surface area contributed by atoms with Crippen LogP contribution < -0.4 is 9.64 Å². The Morgan fingerprint density at radius 3 is 2.55 bits per heavy atom. The van der Waals surface area contributed by atoms with Gasteiger partial charge in [0.2, 0.25) is 5.89 Å². The Bertz CT molecular complexity index is 601. The highest BCUT2D eigenvalue weighted by atomic mass is 16.5. The van der Waals surface area contributed by atoms with E-state index in [1.807, 2.05) is 30.3 Å². The summed E-state index contributed by atoms with van der Waals surface area (Å²) in [7, 11) is 0. The molecule has 0 spiro atoms. The van der Waals surface area contributed by atoms with Crippen LogP contribution in [0.15, 0.2) is 34.7 Å². The first-order valence-corrected chi connectivity index (χ1v) is 8.14. The van der Waals surface area contributed by atoms with Crippen molar-refractivity contribution in [3.8, 4) is 5.75 Å². The predicted molar refractivity (Wildman–Crippen MR) is 83.1 cm³/mol. The van der Waals surface area contributed by atoms with Crippen molar-refractivity contribution in [2.45, 2.75) is 31.6 Å². The highest BCUT2D eigenvalue weighted by Gasteiger charge is 2.31. The third kappa shape index (κ3) is 3.08. The summed E-state index contributed by atoms with van der Waals surface area (Å²) >= 11 is 0. The molecular weight excluding hydrogens is 278 g/mol. The minimum atomic E-state index is 0.526. The molecule has 5 heteroatoms. The number of rotatable bonds is 5. The molecule has 1 aliphatic carbocycles. The average molecular weight is 299 g/mol. The Balaban J connectivity index is 1.26. The first-order valence-electron chi connectivity index (χ1n) is 8.14. The molecule has 1 aliphatic heterocycles. The molecule has 1 aromatic heterocycles. The van der Waals surface area contributed by atoms with Gasteiger partial charge in [-0.2, -0.15) is 0 Å². The molecule has 2 aromatic rings. The Morgan fingerprint density at radius 2 is 1.82 bits per heavy atom. The van der Waals surface area contributed by atoms with E-state index >= 15 is 0 Å². The van der Waals surface area contributed by atoms with E-state index in [9.17, 15) is 0 Å². The minimum Gasteiger partial charge on any atom is -0.493 e. The molecular formula is C17H21N3O2. The van der Waals surface area contributed by atoms with Gasteiger partial charge in [0.15, 0.2) is 0 Å². The van der Waals surface area contributed by atoms with Gasteiger partial charge in [-0.3, -0.25) is 0 Å². The number of hydrogen-bond acceptors (Lipinski definition) is 5. The maximum Gasteiger partial charge on any atom is 0.318 e. The lowest BCUT2D eigenvalue weighted by Crippen LogP contribution is -2.35. The van der Waals surface area contributed by atoms with Crippen LogP contribution in [-0.4, -0.2) is 29.9 Å². The van der Waals surface area contributed by atoms with Crippen LogP contribution in [0, 0.1) is 5.92 Å². The molecule has 4 rings (SSSR count). The standard InChI is InChI=1S/C17H21N3O2/c1-2-4-15(5-3-1)21-12-13-8-10-20(11-9-13)17-19-18-16(22-17)14-6-7-14/h1-5,13-14H,6-12H2. The van der Waals surface area contributed by atoms with Crippen LogP contribution >= 0.6 is 0 Å². The number of anilines is 1. The Morgan fingerprint density at radius 1 is 1.05 bits per heavy atom. The first-order chi connectivity index (χ1) is 10.9. The van der Waals surface area contributed by atoms with Gasteiger partial charge in [-0.1, -0.05) is 23.3 Å². The zero-order valence-corrected chi connectivity index (χ0v) is 12.6. The van der Waals surface area contributed by atoms with Gasteiger partial charge in [-0.15, -0.1) is 5.10 Å². The normalized spacial score (nSPS) is 19.4. The highest BCUT2D eigenvalue weighted by Crippen LogP contribution is 2.40. The Hall–Kier alpha value is -2.04. The number of piperidine rings is 1. The molecule has 0 bridgehead atoms. The largest absolute Gasteiger partial charge is 0.493 e. The summed E-state index contributed by atoms with van der Waals surface area (Å²) in [5.74, 6) is 2.90. The van der Waals surface area contributed by atoms with E-state index in [0.29, 0.717) is 17.9 Å². The smallest absolute Gasteiger partial charge is 0.318 e. The number of ether oxygens (including phenoxy) is 1. The topological polar surface area (TPSA) is 51.4 Å². The summed E-state index contributed by atoms with van der Waals surface area (Å²) in [6.07, 6.45) is 4.60. The SMILES string of the molecule is c1ccc(OCC2CCN(c3nnc(C4CC4)o3)CC2)cc1. The van der Waals surface area contributed by atoms with Crippen molar-refractivity contribution in [1.29, 1.82) is 0 Å². The zero-order chi connectivity index (χ0) is 14.8. The van der Waals surface area contributed by atoms with Gasteiger partial charge in [0.25, 0.3) is 0 Å². The van der Waals surface area contributed by atoms with Crippen LogP contribution in [0.5, 0.6) is 5.75 Å². The van der Waals surface area contributed by atoms with Crippen molar-refractivity contribution in [2.24, 2.45) is 5.92 Å². The predicted octanol–water partition coefficient (Wildman–Crippen LogP) is 3.24. The van der Waals surface area contributed by atoms with Crippen molar-refractivity contribution < 1.29 is 9.15 Å². The summed E-state index contributed by atoms with van der Waals surface area (Å²) in [6.45, 7) is 2.72. The van der Waals surface area contributed by atoms with Gasteiger partial charge < -0.3 is 14.1 Å². The average Bonchev–Trinajstić information content (AvgIpc) is 3.32. The van der Waals surface area contributed by atoms with Gasteiger partial charge in [0.05, 0.1) is 6.61 Å². The summed E-state index contributed by atoms with van der Waals surface area (Å²) in [4.78, 5) is 2.21.